The van der Waals surface area contributed by atoms with Crippen molar-refractivity contribution in [3.8, 4) is 6.07 Å². The van der Waals surface area contributed by atoms with Gasteiger partial charge in [0.25, 0.3) is 0 Å². The van der Waals surface area contributed by atoms with Crippen molar-refractivity contribution in [3.63, 3.8) is 0 Å². The summed E-state index contributed by atoms with van der Waals surface area (Å²) in [5, 5.41) is 21.2. The number of aromatic nitrogens is 2. The zero-order valence-electron chi connectivity index (χ0n) is 11.1. The van der Waals surface area contributed by atoms with Crippen LogP contribution in [0.3, 0.4) is 0 Å². The second-order valence-electron chi connectivity index (χ2n) is 4.84. The fourth-order valence-corrected chi connectivity index (χ4v) is 1.77. The number of nitrogens with two attached hydrogens (primary N) is 1. The van der Waals surface area contributed by atoms with Gasteiger partial charge in [0.2, 0.25) is 0 Å². The first-order valence-corrected chi connectivity index (χ1v) is 6.28. The Hall–Kier alpha value is -2.19. The summed E-state index contributed by atoms with van der Waals surface area (Å²) in [5.41, 5.74) is 7.80. The molecule has 5 nitrogen and oxygen atoms in total. The Morgan fingerprint density at radius 2 is 2.05 bits per heavy atom. The Labute approximate surface area is 112 Å². The fourth-order valence-electron chi connectivity index (χ4n) is 1.77. The maximum absolute atomic E-state index is 9.13. The molecular formula is C14H17N5. The average molecular weight is 255 g/mol. The van der Waals surface area contributed by atoms with Crippen LogP contribution >= 0.6 is 0 Å². The molecule has 1 unspecified atom stereocenters. The fraction of sp³-hybridized carbons (Fsp3) is 0.357. The van der Waals surface area contributed by atoms with Crippen molar-refractivity contribution in [2.45, 2.75) is 19.9 Å². The van der Waals surface area contributed by atoms with Gasteiger partial charge in [-0.2, -0.15) is 5.26 Å². The Morgan fingerprint density at radius 1 is 1.32 bits per heavy atom. The lowest BCUT2D eigenvalue weighted by Gasteiger charge is -2.18. The number of hydrogen-bond acceptors (Lipinski definition) is 5. The van der Waals surface area contributed by atoms with Crippen molar-refractivity contribution in [2.75, 3.05) is 11.9 Å². The smallest absolute Gasteiger partial charge is 0.186 e. The third-order valence-corrected chi connectivity index (χ3v) is 3.14. The van der Waals surface area contributed by atoms with Gasteiger partial charge in [-0.15, -0.1) is 10.2 Å². The maximum atomic E-state index is 9.13. The van der Waals surface area contributed by atoms with Crippen molar-refractivity contribution in [2.24, 2.45) is 11.7 Å². The summed E-state index contributed by atoms with van der Waals surface area (Å²) in [7, 11) is 0. The third-order valence-electron chi connectivity index (χ3n) is 3.14. The van der Waals surface area contributed by atoms with Crippen LogP contribution in [0.1, 0.15) is 19.5 Å². The number of hydrogen-bond donors (Lipinski definition) is 2. The van der Waals surface area contributed by atoms with Crippen LogP contribution in [0, 0.1) is 17.2 Å². The summed E-state index contributed by atoms with van der Waals surface area (Å²) in [6.07, 6.45) is 0. The lowest BCUT2D eigenvalue weighted by molar-refractivity contribution is 0.511. The normalized spacial score (nSPS) is 12.4. The van der Waals surface area contributed by atoms with E-state index in [9.17, 15) is 0 Å². The van der Waals surface area contributed by atoms with Gasteiger partial charge in [-0.1, -0.05) is 32.0 Å². The van der Waals surface area contributed by atoms with E-state index < -0.39 is 0 Å². The summed E-state index contributed by atoms with van der Waals surface area (Å²) in [6, 6.07) is 9.70. The molecule has 3 N–H and O–H groups in total. The minimum Gasteiger partial charge on any atom is -0.381 e. The highest BCUT2D eigenvalue weighted by Gasteiger charge is 2.12. The Kier molecular flexibility index (Phi) is 3.93. The molecule has 0 saturated heterocycles. The quantitative estimate of drug-likeness (QED) is 0.871. The molecule has 98 valence electrons. The van der Waals surface area contributed by atoms with Crippen LogP contribution in [-0.4, -0.2) is 22.8 Å². The third kappa shape index (κ3) is 2.80. The molecule has 0 spiro atoms. The van der Waals surface area contributed by atoms with E-state index in [4.69, 9.17) is 11.0 Å². The van der Waals surface area contributed by atoms with E-state index in [-0.39, 0.29) is 6.04 Å². The van der Waals surface area contributed by atoms with E-state index in [0.29, 0.717) is 23.8 Å². The molecule has 1 aromatic carbocycles. The SMILES string of the molecule is CC(C)C(N)CNc1c(C#N)nnc2ccccc12. The van der Waals surface area contributed by atoms with Crippen molar-refractivity contribution in [1.29, 1.82) is 5.26 Å². The van der Waals surface area contributed by atoms with Gasteiger partial charge in [0.15, 0.2) is 5.69 Å². The number of nitriles is 1. The minimum atomic E-state index is 0.0264. The lowest BCUT2D eigenvalue weighted by atomic mass is 10.1. The molecule has 0 aliphatic rings. The molecule has 0 aliphatic heterocycles. The van der Waals surface area contributed by atoms with E-state index in [1.54, 1.807) is 0 Å². The highest BCUT2D eigenvalue weighted by Crippen LogP contribution is 2.23. The van der Waals surface area contributed by atoms with Crippen molar-refractivity contribution < 1.29 is 0 Å². The molecule has 2 rings (SSSR count). The predicted molar refractivity (Wildman–Crippen MR) is 75.6 cm³/mol. The van der Waals surface area contributed by atoms with Gasteiger partial charge in [-0.25, -0.2) is 0 Å². The molecule has 19 heavy (non-hydrogen) atoms. The molecule has 0 saturated carbocycles. The Bertz CT molecular complexity index is 615. The number of rotatable bonds is 4. The first kappa shape index (κ1) is 13.2. The second kappa shape index (κ2) is 5.63. The van der Waals surface area contributed by atoms with Gasteiger partial charge in [-0.05, 0) is 12.0 Å². The van der Waals surface area contributed by atoms with Crippen LogP contribution in [0.15, 0.2) is 24.3 Å². The largest absolute Gasteiger partial charge is 0.381 e. The maximum Gasteiger partial charge on any atom is 0.186 e. The van der Waals surface area contributed by atoms with Crippen LogP contribution in [0.4, 0.5) is 5.69 Å². The number of anilines is 1. The summed E-state index contributed by atoms with van der Waals surface area (Å²) in [4.78, 5) is 0. The number of fused-ring (bicyclic) bond motifs is 1. The molecule has 0 fully saturated rings. The molecule has 1 atom stereocenters. The topological polar surface area (TPSA) is 87.6 Å². The minimum absolute atomic E-state index is 0.0264. The van der Waals surface area contributed by atoms with Crippen LogP contribution < -0.4 is 11.1 Å². The zero-order chi connectivity index (χ0) is 13.8. The van der Waals surface area contributed by atoms with Crippen molar-refractivity contribution in [1.82, 2.24) is 10.2 Å². The lowest BCUT2D eigenvalue weighted by Crippen LogP contribution is -2.34. The van der Waals surface area contributed by atoms with Gasteiger partial charge >= 0.3 is 0 Å². The van der Waals surface area contributed by atoms with Crippen LogP contribution in [0.25, 0.3) is 10.9 Å². The van der Waals surface area contributed by atoms with Gasteiger partial charge in [0, 0.05) is 18.0 Å². The number of nitrogens with zero attached hydrogens (tertiary/aromatic N) is 3. The molecule has 1 aromatic heterocycles. The van der Waals surface area contributed by atoms with Crippen LogP contribution in [0.2, 0.25) is 0 Å². The predicted octanol–water partition coefficient (Wildman–Crippen LogP) is 1.90. The van der Waals surface area contributed by atoms with Gasteiger partial charge in [0.1, 0.15) is 6.07 Å². The Morgan fingerprint density at radius 3 is 2.74 bits per heavy atom. The zero-order valence-corrected chi connectivity index (χ0v) is 11.1. The molecule has 0 aliphatic carbocycles. The summed E-state index contributed by atoms with van der Waals surface area (Å²) in [6.45, 7) is 4.74. The molecule has 0 bridgehead atoms. The van der Waals surface area contributed by atoms with E-state index in [1.807, 2.05) is 24.3 Å². The summed E-state index contributed by atoms with van der Waals surface area (Å²) in [5.74, 6) is 0.374. The van der Waals surface area contributed by atoms with Gasteiger partial charge in [0.05, 0.1) is 11.2 Å². The summed E-state index contributed by atoms with van der Waals surface area (Å²) >= 11 is 0. The number of benzene rings is 1. The first-order chi connectivity index (χ1) is 9.13. The first-order valence-electron chi connectivity index (χ1n) is 6.28. The molecular weight excluding hydrogens is 238 g/mol. The van der Waals surface area contributed by atoms with Crippen molar-refractivity contribution in [3.05, 3.63) is 30.0 Å². The standard InChI is InChI=1S/C14H17N5/c1-9(2)11(16)8-17-14-10-5-3-4-6-12(10)18-19-13(14)7-15/h3-6,9,11H,8,16H2,1-2H3,(H,17,18). The molecule has 1 heterocycles. The highest BCUT2D eigenvalue weighted by atomic mass is 15.1. The monoisotopic (exact) mass is 255 g/mol. The summed E-state index contributed by atoms with van der Waals surface area (Å²) < 4.78 is 0. The second-order valence-corrected chi connectivity index (χ2v) is 4.84. The van der Waals surface area contributed by atoms with Gasteiger partial charge < -0.3 is 11.1 Å². The van der Waals surface area contributed by atoms with E-state index >= 15 is 0 Å². The molecule has 2 aromatic rings. The molecule has 0 radical (unpaired) electrons. The van der Waals surface area contributed by atoms with Gasteiger partial charge in [-0.3, -0.25) is 0 Å². The molecule has 5 heteroatoms. The van der Waals surface area contributed by atoms with Crippen LogP contribution in [0.5, 0.6) is 0 Å². The highest BCUT2D eigenvalue weighted by molar-refractivity contribution is 5.92. The van der Waals surface area contributed by atoms with E-state index in [0.717, 1.165) is 10.9 Å². The average Bonchev–Trinajstić information content (AvgIpc) is 2.43. The van der Waals surface area contributed by atoms with Crippen molar-refractivity contribution >= 4 is 16.6 Å². The number of nitrogens with one attached hydrogen (secondary N) is 1. The Balaban J connectivity index is 2.37. The van der Waals surface area contributed by atoms with E-state index in [2.05, 4.69) is 35.4 Å². The van der Waals surface area contributed by atoms with E-state index in [1.165, 1.54) is 0 Å². The molecule has 0 amide bonds. The van der Waals surface area contributed by atoms with Crippen LogP contribution in [-0.2, 0) is 0 Å².